The summed E-state index contributed by atoms with van der Waals surface area (Å²) in [6.45, 7) is 0. The SMILES string of the molecule is S=c1oc2cc3ccccc3cc2o1. The van der Waals surface area contributed by atoms with Gasteiger partial charge in [0.2, 0.25) is 0 Å². The summed E-state index contributed by atoms with van der Waals surface area (Å²) in [5.74, 6) is 0. The van der Waals surface area contributed by atoms with Crippen LogP contribution in [-0.2, 0) is 0 Å². The van der Waals surface area contributed by atoms with Crippen molar-refractivity contribution in [2.75, 3.05) is 0 Å². The number of rotatable bonds is 0. The smallest absolute Gasteiger partial charge is 0.363 e. The first-order valence-electron chi connectivity index (χ1n) is 4.25. The average Bonchev–Trinajstić information content (AvgIpc) is 2.53. The first kappa shape index (κ1) is 7.76. The topological polar surface area (TPSA) is 26.3 Å². The van der Waals surface area contributed by atoms with Gasteiger partial charge in [0.05, 0.1) is 0 Å². The molecule has 2 nitrogen and oxygen atoms in total. The van der Waals surface area contributed by atoms with Crippen LogP contribution in [0, 0.1) is 4.90 Å². The summed E-state index contributed by atoms with van der Waals surface area (Å²) in [6, 6.07) is 11.9. The molecule has 0 saturated carbocycles. The van der Waals surface area contributed by atoms with E-state index in [1.807, 2.05) is 36.4 Å². The second-order valence-corrected chi connectivity index (χ2v) is 3.43. The summed E-state index contributed by atoms with van der Waals surface area (Å²) in [5, 5.41) is 2.25. The lowest BCUT2D eigenvalue weighted by Crippen LogP contribution is -1.70. The molecule has 0 spiro atoms. The Labute approximate surface area is 84.8 Å². The van der Waals surface area contributed by atoms with Crippen molar-refractivity contribution in [3.8, 4) is 0 Å². The third-order valence-electron chi connectivity index (χ3n) is 2.20. The van der Waals surface area contributed by atoms with E-state index in [2.05, 4.69) is 0 Å². The molecule has 0 amide bonds. The molecular weight excluding hydrogens is 196 g/mol. The van der Waals surface area contributed by atoms with Gasteiger partial charge in [-0.1, -0.05) is 24.3 Å². The third kappa shape index (κ3) is 1.06. The first-order valence-corrected chi connectivity index (χ1v) is 4.66. The van der Waals surface area contributed by atoms with E-state index in [1.165, 1.54) is 0 Å². The first-order chi connectivity index (χ1) is 6.83. The molecule has 0 aliphatic heterocycles. The maximum atomic E-state index is 5.22. The van der Waals surface area contributed by atoms with Gasteiger partial charge >= 0.3 is 4.90 Å². The summed E-state index contributed by atoms with van der Waals surface area (Å²) >= 11 is 4.82. The summed E-state index contributed by atoms with van der Waals surface area (Å²) in [4.78, 5) is 0.176. The van der Waals surface area contributed by atoms with Crippen LogP contribution in [0.2, 0.25) is 0 Å². The van der Waals surface area contributed by atoms with Crippen molar-refractivity contribution in [2.45, 2.75) is 0 Å². The molecule has 3 rings (SSSR count). The van der Waals surface area contributed by atoms with Gasteiger partial charge < -0.3 is 8.83 Å². The molecule has 0 fully saturated rings. The molecule has 2 aromatic carbocycles. The minimum absolute atomic E-state index is 0.176. The van der Waals surface area contributed by atoms with Gasteiger partial charge in [0, 0.05) is 12.2 Å². The van der Waals surface area contributed by atoms with Crippen LogP contribution in [-0.4, -0.2) is 0 Å². The lowest BCUT2D eigenvalue weighted by molar-refractivity contribution is 0.444. The van der Waals surface area contributed by atoms with Gasteiger partial charge in [0.15, 0.2) is 11.2 Å². The van der Waals surface area contributed by atoms with E-state index in [9.17, 15) is 0 Å². The van der Waals surface area contributed by atoms with Crippen LogP contribution in [0.25, 0.3) is 21.9 Å². The minimum Gasteiger partial charge on any atom is -0.413 e. The molecule has 0 aliphatic carbocycles. The van der Waals surface area contributed by atoms with Gasteiger partial charge in [-0.15, -0.1) is 0 Å². The van der Waals surface area contributed by atoms with Crippen LogP contribution in [0.4, 0.5) is 0 Å². The largest absolute Gasteiger partial charge is 0.413 e. The summed E-state index contributed by atoms with van der Waals surface area (Å²) in [6.07, 6.45) is 0. The highest BCUT2D eigenvalue weighted by atomic mass is 32.1. The van der Waals surface area contributed by atoms with Gasteiger partial charge in [-0.2, -0.15) is 0 Å². The molecule has 0 radical (unpaired) electrons. The van der Waals surface area contributed by atoms with Crippen molar-refractivity contribution in [1.82, 2.24) is 0 Å². The van der Waals surface area contributed by atoms with E-state index in [-0.39, 0.29) is 4.90 Å². The van der Waals surface area contributed by atoms with Crippen LogP contribution in [0.15, 0.2) is 45.2 Å². The van der Waals surface area contributed by atoms with Crippen molar-refractivity contribution < 1.29 is 8.83 Å². The van der Waals surface area contributed by atoms with Crippen molar-refractivity contribution >= 4 is 34.2 Å². The van der Waals surface area contributed by atoms with Crippen molar-refractivity contribution in [3.63, 3.8) is 0 Å². The highest BCUT2D eigenvalue weighted by Crippen LogP contribution is 2.23. The molecule has 0 atom stereocenters. The molecule has 68 valence electrons. The number of fused-ring (bicyclic) bond motifs is 2. The van der Waals surface area contributed by atoms with E-state index >= 15 is 0 Å². The molecule has 1 heterocycles. The fourth-order valence-corrected chi connectivity index (χ4v) is 1.74. The van der Waals surface area contributed by atoms with Gasteiger partial charge in [-0.05, 0) is 22.9 Å². The number of benzene rings is 2. The Bertz CT molecular complexity index is 608. The number of hydrogen-bond donors (Lipinski definition) is 0. The highest BCUT2D eigenvalue weighted by Gasteiger charge is 2.02. The van der Waals surface area contributed by atoms with Crippen molar-refractivity contribution in [3.05, 3.63) is 41.3 Å². The quantitative estimate of drug-likeness (QED) is 0.517. The van der Waals surface area contributed by atoms with Crippen LogP contribution in [0.5, 0.6) is 0 Å². The van der Waals surface area contributed by atoms with Crippen LogP contribution < -0.4 is 0 Å². The Balaban J connectivity index is 2.57. The Hall–Kier alpha value is -1.61. The monoisotopic (exact) mass is 202 g/mol. The molecule has 0 aliphatic rings. The van der Waals surface area contributed by atoms with Gasteiger partial charge in [0.1, 0.15) is 0 Å². The molecule has 14 heavy (non-hydrogen) atoms. The predicted molar refractivity (Wildman–Crippen MR) is 56.8 cm³/mol. The van der Waals surface area contributed by atoms with Crippen LogP contribution in [0.1, 0.15) is 0 Å². The highest BCUT2D eigenvalue weighted by molar-refractivity contribution is 7.71. The lowest BCUT2D eigenvalue weighted by Gasteiger charge is -1.94. The van der Waals surface area contributed by atoms with Crippen LogP contribution in [0.3, 0.4) is 0 Å². The zero-order valence-corrected chi connectivity index (χ0v) is 8.01. The zero-order valence-electron chi connectivity index (χ0n) is 7.19. The molecule has 0 bridgehead atoms. The normalized spacial score (nSPS) is 11.1. The van der Waals surface area contributed by atoms with Crippen molar-refractivity contribution in [2.24, 2.45) is 0 Å². The summed E-state index contributed by atoms with van der Waals surface area (Å²) in [7, 11) is 0. The molecule has 3 heteroatoms. The maximum Gasteiger partial charge on any atom is 0.363 e. The molecule has 0 unspecified atom stereocenters. The Morgan fingerprint density at radius 3 is 1.86 bits per heavy atom. The Kier molecular flexibility index (Phi) is 1.49. The standard InChI is InChI=1S/C11H6O2S/c14-11-12-9-5-7-3-1-2-4-8(7)6-10(9)13-11/h1-6H. The van der Waals surface area contributed by atoms with Crippen LogP contribution >= 0.6 is 12.2 Å². The van der Waals surface area contributed by atoms with Gasteiger partial charge in [-0.25, -0.2) is 0 Å². The Morgan fingerprint density at radius 1 is 0.857 bits per heavy atom. The molecule has 0 saturated heterocycles. The van der Waals surface area contributed by atoms with E-state index in [0.29, 0.717) is 11.2 Å². The number of hydrogen-bond acceptors (Lipinski definition) is 3. The summed E-state index contributed by atoms with van der Waals surface area (Å²) < 4.78 is 10.4. The van der Waals surface area contributed by atoms with E-state index < -0.39 is 0 Å². The fraction of sp³-hybridized carbons (Fsp3) is 0. The molecule has 3 aromatic rings. The third-order valence-corrected chi connectivity index (χ3v) is 2.37. The molecular formula is C11H6O2S. The Morgan fingerprint density at radius 2 is 1.36 bits per heavy atom. The van der Waals surface area contributed by atoms with Gasteiger partial charge in [0.25, 0.3) is 0 Å². The van der Waals surface area contributed by atoms with Crippen molar-refractivity contribution in [1.29, 1.82) is 0 Å². The second-order valence-electron chi connectivity index (χ2n) is 3.10. The zero-order chi connectivity index (χ0) is 9.54. The van der Waals surface area contributed by atoms with E-state index in [0.717, 1.165) is 10.8 Å². The average molecular weight is 202 g/mol. The minimum atomic E-state index is 0.176. The second kappa shape index (κ2) is 2.69. The fourth-order valence-electron chi connectivity index (χ4n) is 1.56. The van der Waals surface area contributed by atoms with E-state index in [1.54, 1.807) is 0 Å². The van der Waals surface area contributed by atoms with Gasteiger partial charge in [-0.3, -0.25) is 0 Å². The maximum absolute atomic E-state index is 5.22. The lowest BCUT2D eigenvalue weighted by atomic mass is 10.1. The van der Waals surface area contributed by atoms with E-state index in [4.69, 9.17) is 21.1 Å². The predicted octanol–water partition coefficient (Wildman–Crippen LogP) is 3.91. The summed E-state index contributed by atoms with van der Waals surface area (Å²) in [5.41, 5.74) is 1.41. The molecule has 0 N–H and O–H groups in total. The molecule has 1 aromatic heterocycles.